The third-order valence-electron chi connectivity index (χ3n) is 5.70. The van der Waals surface area contributed by atoms with Crippen molar-refractivity contribution in [2.24, 2.45) is 17.3 Å². The molecule has 0 amide bonds. The van der Waals surface area contributed by atoms with Gasteiger partial charge in [-0.2, -0.15) is 0 Å². The topological polar surface area (TPSA) is 15.3 Å². The lowest BCUT2D eigenvalue weighted by Gasteiger charge is -2.47. The maximum atomic E-state index is 3.59. The van der Waals surface area contributed by atoms with Crippen LogP contribution in [-0.4, -0.2) is 37.1 Å². The molecule has 1 aliphatic heterocycles. The Morgan fingerprint density at radius 1 is 1.00 bits per heavy atom. The molecule has 3 atom stereocenters. The van der Waals surface area contributed by atoms with E-state index in [-0.39, 0.29) is 0 Å². The molecule has 1 heterocycles. The lowest BCUT2D eigenvalue weighted by molar-refractivity contribution is 0.0414. The molecule has 0 bridgehead atoms. The van der Waals surface area contributed by atoms with Crippen LogP contribution < -0.4 is 5.32 Å². The highest BCUT2D eigenvalue weighted by Gasteiger charge is 2.38. The van der Waals surface area contributed by atoms with Gasteiger partial charge in [-0.25, -0.2) is 0 Å². The largest absolute Gasteiger partial charge is 0.315 e. The second-order valence-corrected chi connectivity index (χ2v) is 8.06. The van der Waals surface area contributed by atoms with Gasteiger partial charge >= 0.3 is 0 Å². The monoisotopic (exact) mass is 266 g/mol. The van der Waals surface area contributed by atoms with Crippen molar-refractivity contribution >= 4 is 0 Å². The van der Waals surface area contributed by atoms with Gasteiger partial charge in [0.15, 0.2) is 0 Å². The minimum absolute atomic E-state index is 0.472. The van der Waals surface area contributed by atoms with Crippen LogP contribution in [0.5, 0.6) is 0 Å². The molecule has 2 rings (SSSR count). The summed E-state index contributed by atoms with van der Waals surface area (Å²) >= 11 is 0. The maximum Gasteiger partial charge on any atom is 0.0252 e. The van der Waals surface area contributed by atoms with Gasteiger partial charge in [-0.15, -0.1) is 0 Å². The van der Waals surface area contributed by atoms with Crippen LogP contribution in [0.1, 0.15) is 59.8 Å². The molecular weight excluding hydrogens is 232 g/mol. The Balaban J connectivity index is 2.01. The van der Waals surface area contributed by atoms with Crippen molar-refractivity contribution in [3.63, 3.8) is 0 Å². The number of likely N-dealkylation sites (N-methyl/N-ethyl adjacent to an activating group) is 1. The number of hydrogen-bond donors (Lipinski definition) is 1. The number of nitrogens with one attached hydrogen (secondary N) is 1. The number of hydrogen-bond acceptors (Lipinski definition) is 2. The highest BCUT2D eigenvalue weighted by molar-refractivity contribution is 4.94. The number of likely N-dealkylation sites (tertiary alicyclic amines) is 1. The van der Waals surface area contributed by atoms with E-state index in [1.807, 2.05) is 0 Å². The van der Waals surface area contributed by atoms with E-state index in [9.17, 15) is 0 Å². The number of nitrogens with zero attached hydrogens (tertiary/aromatic N) is 1. The summed E-state index contributed by atoms with van der Waals surface area (Å²) in [6.45, 7) is 12.3. The minimum atomic E-state index is 0.472. The van der Waals surface area contributed by atoms with E-state index in [1.165, 1.54) is 45.2 Å². The van der Waals surface area contributed by atoms with Gasteiger partial charge in [0, 0.05) is 12.1 Å². The maximum absolute atomic E-state index is 3.59. The van der Waals surface area contributed by atoms with Gasteiger partial charge in [-0.1, -0.05) is 27.7 Å². The van der Waals surface area contributed by atoms with E-state index in [1.54, 1.807) is 0 Å². The van der Waals surface area contributed by atoms with Crippen LogP contribution in [0.15, 0.2) is 0 Å². The molecular formula is C17H34N2. The molecule has 2 nitrogen and oxygen atoms in total. The predicted molar refractivity (Wildman–Crippen MR) is 83.4 cm³/mol. The Bertz CT molecular complexity index is 273. The normalized spacial score (nSPS) is 35.5. The standard InChI is InChI=1S/C17H34N2/c1-13-8-10-19(11-9-13)16-12-14(17(2,3)4)6-7-15(16)18-5/h13-16,18H,6-12H2,1-5H3. The first kappa shape index (κ1) is 15.3. The smallest absolute Gasteiger partial charge is 0.0252 e. The Morgan fingerprint density at radius 2 is 1.63 bits per heavy atom. The van der Waals surface area contributed by atoms with Gasteiger partial charge in [0.2, 0.25) is 0 Å². The fourth-order valence-corrected chi connectivity index (χ4v) is 4.03. The molecule has 0 aromatic heterocycles. The molecule has 2 aliphatic rings. The zero-order valence-corrected chi connectivity index (χ0v) is 13.7. The van der Waals surface area contributed by atoms with Crippen molar-refractivity contribution in [2.45, 2.75) is 71.9 Å². The van der Waals surface area contributed by atoms with Gasteiger partial charge in [-0.3, -0.25) is 4.90 Å². The van der Waals surface area contributed by atoms with Gasteiger partial charge in [-0.05, 0) is 69.5 Å². The van der Waals surface area contributed by atoms with Crippen LogP contribution in [0.2, 0.25) is 0 Å². The van der Waals surface area contributed by atoms with Crippen molar-refractivity contribution in [1.29, 1.82) is 0 Å². The molecule has 1 aliphatic carbocycles. The number of rotatable bonds is 2. The quantitative estimate of drug-likeness (QED) is 0.822. The first-order valence-electron chi connectivity index (χ1n) is 8.33. The van der Waals surface area contributed by atoms with Crippen molar-refractivity contribution in [2.75, 3.05) is 20.1 Å². The fourth-order valence-electron chi connectivity index (χ4n) is 4.03. The zero-order valence-electron chi connectivity index (χ0n) is 13.7. The average Bonchev–Trinajstić information content (AvgIpc) is 2.38. The molecule has 1 N–H and O–H groups in total. The van der Waals surface area contributed by atoms with Crippen LogP contribution >= 0.6 is 0 Å². The molecule has 3 unspecified atom stereocenters. The lowest BCUT2D eigenvalue weighted by atomic mass is 9.69. The molecule has 1 saturated carbocycles. The van der Waals surface area contributed by atoms with Crippen LogP contribution in [0, 0.1) is 17.3 Å². The van der Waals surface area contributed by atoms with E-state index in [0.29, 0.717) is 11.5 Å². The van der Waals surface area contributed by atoms with Gasteiger partial charge in [0.25, 0.3) is 0 Å². The molecule has 2 fully saturated rings. The summed E-state index contributed by atoms with van der Waals surface area (Å²) in [5, 5.41) is 3.59. The van der Waals surface area contributed by atoms with Gasteiger partial charge in [0.1, 0.15) is 0 Å². The predicted octanol–water partition coefficient (Wildman–Crippen LogP) is 3.52. The molecule has 2 heteroatoms. The van der Waals surface area contributed by atoms with Crippen LogP contribution in [0.3, 0.4) is 0 Å². The summed E-state index contributed by atoms with van der Waals surface area (Å²) in [7, 11) is 2.15. The van der Waals surface area contributed by atoms with Crippen molar-refractivity contribution in [3.8, 4) is 0 Å². The molecule has 0 aromatic rings. The van der Waals surface area contributed by atoms with Crippen molar-refractivity contribution in [3.05, 3.63) is 0 Å². The van der Waals surface area contributed by atoms with Crippen molar-refractivity contribution < 1.29 is 0 Å². The van der Waals surface area contributed by atoms with Crippen LogP contribution in [-0.2, 0) is 0 Å². The molecule has 0 aromatic carbocycles. The minimum Gasteiger partial charge on any atom is -0.315 e. The number of piperidine rings is 1. The first-order valence-corrected chi connectivity index (χ1v) is 8.33. The Labute approximate surface area is 120 Å². The molecule has 112 valence electrons. The van der Waals surface area contributed by atoms with Gasteiger partial charge in [0.05, 0.1) is 0 Å². The van der Waals surface area contributed by atoms with Crippen LogP contribution in [0.4, 0.5) is 0 Å². The zero-order chi connectivity index (χ0) is 14.0. The summed E-state index contributed by atoms with van der Waals surface area (Å²) < 4.78 is 0. The second kappa shape index (κ2) is 6.13. The highest BCUT2D eigenvalue weighted by atomic mass is 15.2. The van der Waals surface area contributed by atoms with E-state index in [0.717, 1.165) is 17.9 Å². The van der Waals surface area contributed by atoms with E-state index in [4.69, 9.17) is 0 Å². The summed E-state index contributed by atoms with van der Waals surface area (Å²) in [5.41, 5.74) is 0.472. The molecule has 0 spiro atoms. The molecule has 19 heavy (non-hydrogen) atoms. The van der Waals surface area contributed by atoms with Crippen molar-refractivity contribution in [1.82, 2.24) is 10.2 Å². The Morgan fingerprint density at radius 3 is 2.16 bits per heavy atom. The van der Waals surface area contributed by atoms with E-state index < -0.39 is 0 Å². The van der Waals surface area contributed by atoms with Gasteiger partial charge < -0.3 is 5.32 Å². The second-order valence-electron chi connectivity index (χ2n) is 8.06. The third kappa shape index (κ3) is 3.72. The van der Waals surface area contributed by atoms with E-state index >= 15 is 0 Å². The molecule has 1 saturated heterocycles. The summed E-state index contributed by atoms with van der Waals surface area (Å²) in [5.74, 6) is 1.83. The Kier molecular flexibility index (Phi) is 4.94. The Hall–Kier alpha value is -0.0800. The summed E-state index contributed by atoms with van der Waals surface area (Å²) in [4.78, 5) is 2.79. The fraction of sp³-hybridized carbons (Fsp3) is 1.00. The SMILES string of the molecule is CNC1CCC(C(C)(C)C)CC1N1CCC(C)CC1. The first-order chi connectivity index (χ1) is 8.91. The summed E-state index contributed by atoms with van der Waals surface area (Å²) in [6, 6.07) is 1.49. The highest BCUT2D eigenvalue weighted by Crippen LogP contribution is 2.40. The average molecular weight is 266 g/mol. The van der Waals surface area contributed by atoms with Crippen LogP contribution in [0.25, 0.3) is 0 Å². The summed E-state index contributed by atoms with van der Waals surface area (Å²) in [6.07, 6.45) is 6.94. The molecule has 0 radical (unpaired) electrons. The van der Waals surface area contributed by atoms with E-state index in [2.05, 4.69) is 45.0 Å². The lowest BCUT2D eigenvalue weighted by Crippen LogP contribution is -2.55. The third-order valence-corrected chi connectivity index (χ3v) is 5.70.